The van der Waals surface area contributed by atoms with Gasteiger partial charge in [-0.3, -0.25) is 9.59 Å². The number of carboxylic acid groups (broad SMARTS) is 1. The standard InChI is InChI=1S/C18H18FNO4/c1-11-2-3-13(18(22)23)10-20(11)17(21)16-9-8-15(24-16)12-4-6-14(19)7-5-12/h4-9,11,13H,2-3,10H2,1H3,(H,22,23). The van der Waals surface area contributed by atoms with E-state index in [4.69, 9.17) is 4.42 Å². The van der Waals surface area contributed by atoms with Crippen LogP contribution in [0.25, 0.3) is 11.3 Å². The highest BCUT2D eigenvalue weighted by Crippen LogP contribution is 2.27. The van der Waals surface area contributed by atoms with Gasteiger partial charge in [0.15, 0.2) is 5.76 Å². The van der Waals surface area contributed by atoms with Gasteiger partial charge in [-0.2, -0.15) is 0 Å². The summed E-state index contributed by atoms with van der Waals surface area (Å²) >= 11 is 0. The lowest BCUT2D eigenvalue weighted by molar-refractivity contribution is -0.143. The molecule has 1 aromatic carbocycles. The van der Waals surface area contributed by atoms with Crippen molar-refractivity contribution < 1.29 is 23.5 Å². The van der Waals surface area contributed by atoms with E-state index in [0.29, 0.717) is 24.2 Å². The van der Waals surface area contributed by atoms with E-state index in [1.807, 2.05) is 6.92 Å². The Balaban J connectivity index is 1.80. The van der Waals surface area contributed by atoms with E-state index in [1.54, 1.807) is 29.2 Å². The summed E-state index contributed by atoms with van der Waals surface area (Å²) in [5, 5.41) is 9.18. The number of amides is 1. The van der Waals surface area contributed by atoms with Crippen LogP contribution in [0.2, 0.25) is 0 Å². The number of carboxylic acids is 1. The number of nitrogens with zero attached hydrogens (tertiary/aromatic N) is 1. The van der Waals surface area contributed by atoms with Gasteiger partial charge in [-0.1, -0.05) is 0 Å². The van der Waals surface area contributed by atoms with Crippen LogP contribution in [0, 0.1) is 11.7 Å². The van der Waals surface area contributed by atoms with Crippen molar-refractivity contribution in [3.05, 3.63) is 48.0 Å². The molecule has 0 radical (unpaired) electrons. The van der Waals surface area contributed by atoms with Gasteiger partial charge in [0, 0.05) is 18.2 Å². The summed E-state index contributed by atoms with van der Waals surface area (Å²) in [6.45, 7) is 2.09. The molecule has 1 saturated heterocycles. The smallest absolute Gasteiger partial charge is 0.308 e. The van der Waals surface area contributed by atoms with E-state index in [1.165, 1.54) is 12.1 Å². The molecule has 24 heavy (non-hydrogen) atoms. The molecule has 0 aliphatic carbocycles. The molecule has 1 aliphatic rings. The van der Waals surface area contributed by atoms with Gasteiger partial charge in [0.05, 0.1) is 5.92 Å². The van der Waals surface area contributed by atoms with E-state index >= 15 is 0 Å². The molecule has 1 fully saturated rings. The lowest BCUT2D eigenvalue weighted by atomic mass is 9.93. The largest absolute Gasteiger partial charge is 0.481 e. The van der Waals surface area contributed by atoms with Gasteiger partial charge >= 0.3 is 5.97 Å². The minimum absolute atomic E-state index is 0.0347. The summed E-state index contributed by atoms with van der Waals surface area (Å²) in [5.41, 5.74) is 0.672. The third kappa shape index (κ3) is 3.18. The Hall–Kier alpha value is -2.63. The Morgan fingerprint density at radius 1 is 1.17 bits per heavy atom. The number of hydrogen-bond donors (Lipinski definition) is 1. The average Bonchev–Trinajstić information content (AvgIpc) is 3.05. The fourth-order valence-corrected chi connectivity index (χ4v) is 2.96. The molecule has 3 rings (SSSR count). The van der Waals surface area contributed by atoms with Crippen LogP contribution >= 0.6 is 0 Å². The molecule has 0 saturated carbocycles. The number of furan rings is 1. The highest BCUT2D eigenvalue weighted by molar-refractivity contribution is 5.92. The maximum atomic E-state index is 13.0. The number of halogens is 1. The van der Waals surface area contributed by atoms with Gasteiger partial charge in [-0.05, 0) is 56.2 Å². The van der Waals surface area contributed by atoms with Gasteiger partial charge in [-0.25, -0.2) is 4.39 Å². The Morgan fingerprint density at radius 2 is 1.88 bits per heavy atom. The van der Waals surface area contributed by atoms with Crippen molar-refractivity contribution in [2.75, 3.05) is 6.54 Å². The summed E-state index contributed by atoms with van der Waals surface area (Å²) in [6.07, 6.45) is 1.22. The first-order valence-electron chi connectivity index (χ1n) is 7.85. The first kappa shape index (κ1) is 16.2. The van der Waals surface area contributed by atoms with Crippen molar-refractivity contribution in [2.45, 2.75) is 25.8 Å². The molecule has 2 heterocycles. The molecule has 5 nitrogen and oxygen atoms in total. The topological polar surface area (TPSA) is 70.8 Å². The van der Waals surface area contributed by atoms with E-state index in [0.717, 1.165) is 0 Å². The predicted octanol–water partition coefficient (Wildman–Crippen LogP) is 3.41. The first-order chi connectivity index (χ1) is 11.5. The van der Waals surface area contributed by atoms with Crippen molar-refractivity contribution in [2.24, 2.45) is 5.92 Å². The number of carbonyl (C=O) groups excluding carboxylic acids is 1. The SMILES string of the molecule is CC1CCC(C(=O)O)CN1C(=O)c1ccc(-c2ccc(F)cc2)o1. The van der Waals surface area contributed by atoms with E-state index in [9.17, 15) is 19.1 Å². The van der Waals surface area contributed by atoms with Crippen LogP contribution in [-0.2, 0) is 4.79 Å². The van der Waals surface area contributed by atoms with Crippen molar-refractivity contribution in [1.82, 2.24) is 4.90 Å². The zero-order chi connectivity index (χ0) is 17.3. The average molecular weight is 331 g/mol. The number of carbonyl (C=O) groups is 2. The number of aliphatic carboxylic acids is 1. The number of rotatable bonds is 3. The Morgan fingerprint density at radius 3 is 2.54 bits per heavy atom. The second kappa shape index (κ2) is 6.47. The molecule has 126 valence electrons. The number of hydrogen-bond acceptors (Lipinski definition) is 3. The highest BCUT2D eigenvalue weighted by atomic mass is 19.1. The van der Waals surface area contributed by atoms with Crippen LogP contribution in [0.3, 0.4) is 0 Å². The highest BCUT2D eigenvalue weighted by Gasteiger charge is 2.34. The molecule has 1 amide bonds. The molecule has 0 spiro atoms. The van der Waals surface area contributed by atoms with Gasteiger partial charge < -0.3 is 14.4 Å². The summed E-state index contributed by atoms with van der Waals surface area (Å²) in [7, 11) is 0. The molecule has 1 N–H and O–H groups in total. The van der Waals surface area contributed by atoms with Crippen molar-refractivity contribution in [3.8, 4) is 11.3 Å². The van der Waals surface area contributed by atoms with Crippen LogP contribution in [0.15, 0.2) is 40.8 Å². The molecular formula is C18H18FNO4. The molecule has 2 atom stereocenters. The van der Waals surface area contributed by atoms with Crippen molar-refractivity contribution in [3.63, 3.8) is 0 Å². The molecule has 1 aromatic heterocycles. The summed E-state index contributed by atoms with van der Waals surface area (Å²) in [5.74, 6) is -1.46. The van der Waals surface area contributed by atoms with E-state index in [-0.39, 0.29) is 30.1 Å². The van der Waals surface area contributed by atoms with Gasteiger partial charge in [0.2, 0.25) is 0 Å². The molecule has 2 unspecified atom stereocenters. The minimum atomic E-state index is -0.883. The zero-order valence-electron chi connectivity index (χ0n) is 13.2. The first-order valence-corrected chi connectivity index (χ1v) is 7.85. The fraction of sp³-hybridized carbons (Fsp3) is 0.333. The number of likely N-dealkylation sites (tertiary alicyclic amines) is 1. The Bertz CT molecular complexity index is 753. The van der Waals surface area contributed by atoms with E-state index < -0.39 is 11.9 Å². The maximum absolute atomic E-state index is 13.0. The summed E-state index contributed by atoms with van der Waals surface area (Å²) in [4.78, 5) is 25.4. The lowest BCUT2D eigenvalue weighted by Crippen LogP contribution is -2.47. The van der Waals surface area contributed by atoms with Crippen LogP contribution < -0.4 is 0 Å². The Labute approximate surface area is 138 Å². The fourth-order valence-electron chi connectivity index (χ4n) is 2.96. The van der Waals surface area contributed by atoms with Gasteiger partial charge in [0.1, 0.15) is 11.6 Å². The zero-order valence-corrected chi connectivity index (χ0v) is 13.2. The van der Waals surface area contributed by atoms with Crippen molar-refractivity contribution in [1.29, 1.82) is 0 Å². The van der Waals surface area contributed by atoms with Gasteiger partial charge in [-0.15, -0.1) is 0 Å². The molecule has 0 bridgehead atoms. The lowest BCUT2D eigenvalue weighted by Gasteiger charge is -2.35. The predicted molar refractivity (Wildman–Crippen MR) is 85.0 cm³/mol. The van der Waals surface area contributed by atoms with Crippen LogP contribution in [0.4, 0.5) is 4.39 Å². The third-order valence-corrected chi connectivity index (χ3v) is 4.44. The number of piperidine rings is 1. The maximum Gasteiger partial charge on any atom is 0.308 e. The van der Waals surface area contributed by atoms with E-state index in [2.05, 4.69) is 0 Å². The minimum Gasteiger partial charge on any atom is -0.481 e. The molecule has 1 aliphatic heterocycles. The van der Waals surface area contributed by atoms with Crippen LogP contribution in [0.1, 0.15) is 30.3 Å². The second-order valence-electron chi connectivity index (χ2n) is 6.09. The molecular weight excluding hydrogens is 313 g/mol. The molecule has 2 aromatic rings. The van der Waals surface area contributed by atoms with Crippen LogP contribution in [0.5, 0.6) is 0 Å². The summed E-state index contributed by atoms with van der Waals surface area (Å²) < 4.78 is 18.6. The third-order valence-electron chi connectivity index (χ3n) is 4.44. The van der Waals surface area contributed by atoms with Gasteiger partial charge in [0.25, 0.3) is 5.91 Å². The van der Waals surface area contributed by atoms with Crippen molar-refractivity contribution >= 4 is 11.9 Å². The normalized spacial score (nSPS) is 20.8. The monoisotopic (exact) mass is 331 g/mol. The molecule has 6 heteroatoms. The number of benzene rings is 1. The second-order valence-corrected chi connectivity index (χ2v) is 6.09. The Kier molecular flexibility index (Phi) is 4.38. The quantitative estimate of drug-likeness (QED) is 0.935. The summed E-state index contributed by atoms with van der Waals surface area (Å²) in [6, 6.07) is 8.99. The van der Waals surface area contributed by atoms with Crippen LogP contribution in [-0.4, -0.2) is 34.5 Å².